The highest BCUT2D eigenvalue weighted by Gasteiger charge is 2.20. The van der Waals surface area contributed by atoms with E-state index in [0.29, 0.717) is 0 Å². The number of hydrogen-bond acceptors (Lipinski definition) is 4. The summed E-state index contributed by atoms with van der Waals surface area (Å²) >= 11 is 1.38. The molecule has 0 fully saturated rings. The molecule has 0 aliphatic carbocycles. The summed E-state index contributed by atoms with van der Waals surface area (Å²) in [4.78, 5) is 25.0. The van der Waals surface area contributed by atoms with Crippen molar-refractivity contribution in [3.63, 3.8) is 0 Å². The highest BCUT2D eigenvalue weighted by molar-refractivity contribution is 8.00. The summed E-state index contributed by atoms with van der Waals surface area (Å²) in [5, 5.41) is 10.3. The van der Waals surface area contributed by atoms with E-state index in [1.54, 1.807) is 24.1 Å². The lowest BCUT2D eigenvalue weighted by atomic mass is 10.3. The van der Waals surface area contributed by atoms with Crippen LogP contribution in [0.2, 0.25) is 0 Å². The molecule has 0 saturated carbocycles. The van der Waals surface area contributed by atoms with Gasteiger partial charge < -0.3 is 4.90 Å². The summed E-state index contributed by atoms with van der Waals surface area (Å²) < 4.78 is 0. The van der Waals surface area contributed by atoms with Crippen LogP contribution in [0.3, 0.4) is 0 Å². The summed E-state index contributed by atoms with van der Waals surface area (Å²) in [7, 11) is 1.74. The Kier molecular flexibility index (Phi) is 5.16. The molecule has 0 N–H and O–H groups in total. The van der Waals surface area contributed by atoms with E-state index in [0.717, 1.165) is 10.6 Å². The average Bonchev–Trinajstić information content (AvgIpc) is 2.54. The molecule has 1 unspecified atom stereocenters. The van der Waals surface area contributed by atoms with E-state index in [2.05, 4.69) is 0 Å². The number of carbonyl (C=O) groups is 1. The number of hydrogen-bond donors (Lipinski definition) is 0. The zero-order valence-corrected chi connectivity index (χ0v) is 13.1. The molecule has 2 aromatic rings. The number of rotatable bonds is 5. The van der Waals surface area contributed by atoms with Gasteiger partial charge in [-0.2, -0.15) is 0 Å². The molecule has 1 atom stereocenters. The molecular formula is C16H16N2O3S. The fourth-order valence-electron chi connectivity index (χ4n) is 1.95. The predicted octanol–water partition coefficient (Wildman–Crippen LogP) is 3.74. The number of nitro benzene ring substituents is 1. The van der Waals surface area contributed by atoms with E-state index in [-0.39, 0.29) is 16.8 Å². The average molecular weight is 316 g/mol. The minimum absolute atomic E-state index is 0.0189. The third-order valence-corrected chi connectivity index (χ3v) is 4.28. The maximum absolute atomic E-state index is 12.4. The van der Waals surface area contributed by atoms with Crippen molar-refractivity contribution in [3.8, 4) is 0 Å². The maximum Gasteiger partial charge on any atom is 0.269 e. The minimum Gasteiger partial charge on any atom is -0.315 e. The first-order valence-corrected chi connectivity index (χ1v) is 7.60. The lowest BCUT2D eigenvalue weighted by Gasteiger charge is -2.21. The number of amides is 1. The molecule has 1 amide bonds. The zero-order chi connectivity index (χ0) is 16.1. The van der Waals surface area contributed by atoms with Crippen molar-refractivity contribution in [2.75, 3.05) is 11.9 Å². The zero-order valence-electron chi connectivity index (χ0n) is 12.3. The van der Waals surface area contributed by atoms with Gasteiger partial charge in [-0.05, 0) is 31.2 Å². The first-order chi connectivity index (χ1) is 10.5. The van der Waals surface area contributed by atoms with Crippen LogP contribution < -0.4 is 4.90 Å². The van der Waals surface area contributed by atoms with Crippen LogP contribution in [-0.4, -0.2) is 23.1 Å². The molecule has 5 nitrogen and oxygen atoms in total. The van der Waals surface area contributed by atoms with Gasteiger partial charge in [0.15, 0.2) is 0 Å². The Labute approximate surface area is 133 Å². The van der Waals surface area contributed by atoms with E-state index < -0.39 is 4.92 Å². The quantitative estimate of drug-likeness (QED) is 0.479. The number of nitro groups is 1. The van der Waals surface area contributed by atoms with Crippen LogP contribution >= 0.6 is 11.8 Å². The first kappa shape index (κ1) is 16.0. The molecule has 114 valence electrons. The van der Waals surface area contributed by atoms with E-state index in [4.69, 9.17) is 0 Å². The second-order valence-electron chi connectivity index (χ2n) is 4.74. The smallest absolute Gasteiger partial charge is 0.269 e. The number of carbonyl (C=O) groups excluding carboxylic acids is 1. The molecule has 22 heavy (non-hydrogen) atoms. The lowest BCUT2D eigenvalue weighted by molar-refractivity contribution is -0.384. The molecule has 0 radical (unpaired) electrons. The van der Waals surface area contributed by atoms with E-state index >= 15 is 0 Å². The highest BCUT2D eigenvalue weighted by Crippen LogP contribution is 2.27. The fraction of sp³-hybridized carbons (Fsp3) is 0.188. The van der Waals surface area contributed by atoms with Gasteiger partial charge in [-0.3, -0.25) is 14.9 Å². The summed E-state index contributed by atoms with van der Waals surface area (Å²) in [5.41, 5.74) is 0.883. The predicted molar refractivity (Wildman–Crippen MR) is 88.3 cm³/mol. The van der Waals surface area contributed by atoms with Crippen molar-refractivity contribution >= 4 is 29.0 Å². The Hall–Kier alpha value is -2.34. The molecule has 6 heteroatoms. The van der Waals surface area contributed by atoms with Gasteiger partial charge in [0.2, 0.25) is 5.91 Å². The van der Waals surface area contributed by atoms with Gasteiger partial charge in [0.05, 0.1) is 10.2 Å². The van der Waals surface area contributed by atoms with Gasteiger partial charge in [0, 0.05) is 29.8 Å². The van der Waals surface area contributed by atoms with Crippen molar-refractivity contribution in [3.05, 3.63) is 64.7 Å². The summed E-state index contributed by atoms with van der Waals surface area (Å²) in [6.07, 6.45) is 0. The maximum atomic E-state index is 12.4. The Morgan fingerprint density at radius 1 is 1.14 bits per heavy atom. The number of para-hydroxylation sites is 1. The van der Waals surface area contributed by atoms with Crippen LogP contribution in [0, 0.1) is 10.1 Å². The van der Waals surface area contributed by atoms with Crippen LogP contribution in [0.4, 0.5) is 11.4 Å². The van der Waals surface area contributed by atoms with Crippen LogP contribution in [0.25, 0.3) is 0 Å². The van der Waals surface area contributed by atoms with Gasteiger partial charge in [-0.25, -0.2) is 0 Å². The first-order valence-electron chi connectivity index (χ1n) is 6.73. The standard InChI is InChI=1S/C16H16N2O3S/c1-12(16(19)17(2)13-6-4-3-5-7-13)22-15-10-8-14(9-11-15)18(20)21/h3-12H,1-2H3. The van der Waals surface area contributed by atoms with Crippen molar-refractivity contribution in [1.29, 1.82) is 0 Å². The number of benzene rings is 2. The van der Waals surface area contributed by atoms with Crippen molar-refractivity contribution < 1.29 is 9.72 Å². The molecule has 0 spiro atoms. The Morgan fingerprint density at radius 3 is 2.27 bits per heavy atom. The Balaban J connectivity index is 2.03. The lowest BCUT2D eigenvalue weighted by Crippen LogP contribution is -2.33. The van der Waals surface area contributed by atoms with Gasteiger partial charge in [-0.1, -0.05) is 18.2 Å². The Morgan fingerprint density at radius 2 is 1.73 bits per heavy atom. The van der Waals surface area contributed by atoms with Crippen LogP contribution in [0.1, 0.15) is 6.92 Å². The number of anilines is 1. The minimum atomic E-state index is -0.438. The van der Waals surface area contributed by atoms with Crippen LogP contribution in [0.5, 0.6) is 0 Å². The van der Waals surface area contributed by atoms with E-state index in [1.165, 1.54) is 23.9 Å². The van der Waals surface area contributed by atoms with Gasteiger partial charge >= 0.3 is 0 Å². The molecule has 2 rings (SSSR count). The molecular weight excluding hydrogens is 300 g/mol. The van der Waals surface area contributed by atoms with E-state index in [1.807, 2.05) is 37.3 Å². The molecule has 0 bridgehead atoms. The largest absolute Gasteiger partial charge is 0.315 e. The molecule has 0 aliphatic rings. The topological polar surface area (TPSA) is 63.5 Å². The summed E-state index contributed by atoms with van der Waals surface area (Å²) in [6.45, 7) is 1.83. The van der Waals surface area contributed by atoms with Crippen LogP contribution in [0.15, 0.2) is 59.5 Å². The normalized spacial score (nSPS) is 11.7. The molecule has 0 aromatic heterocycles. The fourth-order valence-corrected chi connectivity index (χ4v) is 2.91. The third-order valence-electron chi connectivity index (χ3n) is 3.18. The monoisotopic (exact) mass is 316 g/mol. The molecule has 0 heterocycles. The second kappa shape index (κ2) is 7.09. The summed E-state index contributed by atoms with van der Waals surface area (Å²) in [5.74, 6) is -0.0189. The number of nitrogens with zero attached hydrogens (tertiary/aromatic N) is 2. The highest BCUT2D eigenvalue weighted by atomic mass is 32.2. The summed E-state index contributed by atoms with van der Waals surface area (Å²) in [6, 6.07) is 15.6. The third kappa shape index (κ3) is 3.85. The number of non-ortho nitro benzene ring substituents is 1. The SMILES string of the molecule is CC(Sc1ccc([N+](=O)[O-])cc1)C(=O)N(C)c1ccccc1. The Bertz CT molecular complexity index is 659. The van der Waals surface area contributed by atoms with Crippen molar-refractivity contribution in [2.24, 2.45) is 0 Å². The van der Waals surface area contributed by atoms with Crippen molar-refractivity contribution in [2.45, 2.75) is 17.1 Å². The van der Waals surface area contributed by atoms with Crippen molar-refractivity contribution in [1.82, 2.24) is 0 Å². The molecule has 0 saturated heterocycles. The van der Waals surface area contributed by atoms with Gasteiger partial charge in [0.25, 0.3) is 5.69 Å². The van der Waals surface area contributed by atoms with Gasteiger partial charge in [0.1, 0.15) is 0 Å². The van der Waals surface area contributed by atoms with Crippen LogP contribution in [-0.2, 0) is 4.79 Å². The molecule has 0 aliphatic heterocycles. The van der Waals surface area contributed by atoms with Gasteiger partial charge in [-0.15, -0.1) is 11.8 Å². The number of thioether (sulfide) groups is 1. The van der Waals surface area contributed by atoms with E-state index in [9.17, 15) is 14.9 Å². The second-order valence-corrected chi connectivity index (χ2v) is 6.16. The molecule has 2 aromatic carbocycles.